The standard InChI is InChI=1S/C18H37N3/c1-14(2)9-17-13-21(18(10-19-17)15(3)4)12-16-7-6-8-20(5)11-16/h14-19H,6-13H2,1-5H3. The molecule has 0 saturated carbocycles. The van der Waals surface area contributed by atoms with E-state index in [1.807, 2.05) is 0 Å². The van der Waals surface area contributed by atoms with Crippen LogP contribution in [0.1, 0.15) is 47.0 Å². The summed E-state index contributed by atoms with van der Waals surface area (Å²) >= 11 is 0. The predicted molar refractivity (Wildman–Crippen MR) is 91.7 cm³/mol. The number of likely N-dealkylation sites (tertiary alicyclic amines) is 1. The zero-order valence-electron chi connectivity index (χ0n) is 14.9. The van der Waals surface area contributed by atoms with Gasteiger partial charge in [0, 0.05) is 38.3 Å². The van der Waals surface area contributed by atoms with Crippen molar-refractivity contribution in [2.75, 3.05) is 39.8 Å². The van der Waals surface area contributed by atoms with Crippen LogP contribution in [0.5, 0.6) is 0 Å². The first kappa shape index (κ1) is 17.2. The molecule has 0 aliphatic carbocycles. The highest BCUT2D eigenvalue weighted by molar-refractivity contribution is 4.89. The van der Waals surface area contributed by atoms with Crippen LogP contribution >= 0.6 is 0 Å². The third-order valence-electron chi connectivity index (χ3n) is 5.28. The number of nitrogens with one attached hydrogen (secondary N) is 1. The second kappa shape index (κ2) is 7.94. The molecule has 2 rings (SSSR count). The molecule has 0 aromatic heterocycles. The molecule has 124 valence electrons. The summed E-state index contributed by atoms with van der Waals surface area (Å²) in [5.74, 6) is 2.42. The van der Waals surface area contributed by atoms with Crippen molar-refractivity contribution in [3.05, 3.63) is 0 Å². The van der Waals surface area contributed by atoms with Gasteiger partial charge < -0.3 is 10.2 Å². The fraction of sp³-hybridized carbons (Fsp3) is 1.00. The van der Waals surface area contributed by atoms with Gasteiger partial charge in [-0.1, -0.05) is 27.7 Å². The zero-order valence-corrected chi connectivity index (χ0v) is 14.9. The van der Waals surface area contributed by atoms with E-state index < -0.39 is 0 Å². The van der Waals surface area contributed by atoms with Crippen molar-refractivity contribution in [2.45, 2.75) is 59.0 Å². The Hall–Kier alpha value is -0.120. The molecule has 3 nitrogen and oxygen atoms in total. The minimum atomic E-state index is 0.696. The van der Waals surface area contributed by atoms with E-state index in [4.69, 9.17) is 0 Å². The fourth-order valence-electron chi connectivity index (χ4n) is 4.25. The molecule has 2 aliphatic rings. The van der Waals surface area contributed by atoms with E-state index in [1.54, 1.807) is 0 Å². The molecule has 3 heteroatoms. The maximum atomic E-state index is 3.81. The molecule has 2 heterocycles. The van der Waals surface area contributed by atoms with Gasteiger partial charge in [0.15, 0.2) is 0 Å². The van der Waals surface area contributed by atoms with Crippen LogP contribution in [0.4, 0.5) is 0 Å². The number of nitrogens with zero attached hydrogens (tertiary/aromatic N) is 2. The minimum absolute atomic E-state index is 0.696. The molecule has 2 fully saturated rings. The van der Waals surface area contributed by atoms with Gasteiger partial charge >= 0.3 is 0 Å². The van der Waals surface area contributed by atoms with Gasteiger partial charge in [-0.25, -0.2) is 0 Å². The summed E-state index contributed by atoms with van der Waals surface area (Å²) in [6.45, 7) is 15.8. The highest BCUT2D eigenvalue weighted by Gasteiger charge is 2.32. The van der Waals surface area contributed by atoms with Crippen molar-refractivity contribution in [1.82, 2.24) is 15.1 Å². The van der Waals surface area contributed by atoms with Gasteiger partial charge in [0.25, 0.3) is 0 Å². The molecule has 0 spiro atoms. The van der Waals surface area contributed by atoms with Crippen molar-refractivity contribution >= 4 is 0 Å². The van der Waals surface area contributed by atoms with Crippen LogP contribution in [-0.4, -0.2) is 61.7 Å². The lowest BCUT2D eigenvalue weighted by Gasteiger charge is -2.45. The summed E-state index contributed by atoms with van der Waals surface area (Å²) in [5.41, 5.74) is 0. The molecule has 2 aliphatic heterocycles. The first-order valence-electron chi connectivity index (χ1n) is 9.11. The Morgan fingerprint density at radius 3 is 2.52 bits per heavy atom. The van der Waals surface area contributed by atoms with E-state index in [9.17, 15) is 0 Å². The topological polar surface area (TPSA) is 18.5 Å². The normalized spacial score (nSPS) is 33.0. The molecule has 21 heavy (non-hydrogen) atoms. The number of piperidine rings is 1. The zero-order chi connectivity index (χ0) is 15.4. The van der Waals surface area contributed by atoms with Gasteiger partial charge in [0.1, 0.15) is 0 Å². The van der Waals surface area contributed by atoms with Gasteiger partial charge in [-0.15, -0.1) is 0 Å². The van der Waals surface area contributed by atoms with E-state index >= 15 is 0 Å². The van der Waals surface area contributed by atoms with Crippen LogP contribution in [0.3, 0.4) is 0 Å². The molecule has 2 saturated heterocycles. The molecule has 0 aromatic carbocycles. The quantitative estimate of drug-likeness (QED) is 0.841. The van der Waals surface area contributed by atoms with Gasteiger partial charge in [-0.2, -0.15) is 0 Å². The Bertz CT molecular complexity index is 303. The third-order valence-corrected chi connectivity index (χ3v) is 5.28. The maximum Gasteiger partial charge on any atom is 0.0244 e. The van der Waals surface area contributed by atoms with Crippen LogP contribution in [-0.2, 0) is 0 Å². The molecular weight excluding hydrogens is 258 g/mol. The van der Waals surface area contributed by atoms with E-state index in [0.29, 0.717) is 6.04 Å². The molecular formula is C18H37N3. The summed E-state index contributed by atoms with van der Waals surface area (Å²) in [7, 11) is 2.28. The van der Waals surface area contributed by atoms with E-state index in [2.05, 4.69) is 49.9 Å². The van der Waals surface area contributed by atoms with E-state index in [0.717, 1.165) is 23.8 Å². The molecule has 1 N–H and O–H groups in total. The van der Waals surface area contributed by atoms with Crippen LogP contribution < -0.4 is 5.32 Å². The van der Waals surface area contributed by atoms with Gasteiger partial charge in [-0.3, -0.25) is 4.90 Å². The Morgan fingerprint density at radius 1 is 1.14 bits per heavy atom. The highest BCUT2D eigenvalue weighted by Crippen LogP contribution is 2.23. The molecule has 3 atom stereocenters. The van der Waals surface area contributed by atoms with Crippen molar-refractivity contribution in [2.24, 2.45) is 17.8 Å². The first-order valence-corrected chi connectivity index (χ1v) is 9.11. The Kier molecular flexibility index (Phi) is 6.51. The SMILES string of the molecule is CC(C)CC1CN(CC2CCCN(C)C2)C(C(C)C)CN1. The second-order valence-corrected chi connectivity index (χ2v) is 8.27. The largest absolute Gasteiger partial charge is 0.311 e. The number of piperazine rings is 1. The Morgan fingerprint density at radius 2 is 1.90 bits per heavy atom. The number of rotatable bonds is 5. The molecule has 3 unspecified atom stereocenters. The lowest BCUT2D eigenvalue weighted by Crippen LogP contribution is -2.59. The van der Waals surface area contributed by atoms with Crippen molar-refractivity contribution in [3.63, 3.8) is 0 Å². The number of hydrogen-bond donors (Lipinski definition) is 1. The van der Waals surface area contributed by atoms with Gasteiger partial charge in [0.2, 0.25) is 0 Å². The highest BCUT2D eigenvalue weighted by atomic mass is 15.2. The summed E-state index contributed by atoms with van der Waals surface area (Å²) in [5, 5.41) is 3.81. The molecule has 0 amide bonds. The first-order chi connectivity index (χ1) is 9.95. The Balaban J connectivity index is 1.93. The summed E-state index contributed by atoms with van der Waals surface area (Å²) in [4.78, 5) is 5.34. The summed E-state index contributed by atoms with van der Waals surface area (Å²) in [6.07, 6.45) is 4.12. The molecule has 0 radical (unpaired) electrons. The van der Waals surface area contributed by atoms with Crippen molar-refractivity contribution < 1.29 is 0 Å². The van der Waals surface area contributed by atoms with Gasteiger partial charge in [-0.05, 0) is 50.6 Å². The lowest BCUT2D eigenvalue weighted by molar-refractivity contribution is 0.0597. The van der Waals surface area contributed by atoms with Crippen LogP contribution in [0.25, 0.3) is 0 Å². The maximum absolute atomic E-state index is 3.81. The summed E-state index contributed by atoms with van der Waals surface area (Å²) < 4.78 is 0. The summed E-state index contributed by atoms with van der Waals surface area (Å²) in [6, 6.07) is 1.42. The molecule has 0 bridgehead atoms. The van der Waals surface area contributed by atoms with E-state index in [1.165, 1.54) is 52.0 Å². The smallest absolute Gasteiger partial charge is 0.0244 e. The fourth-order valence-corrected chi connectivity index (χ4v) is 4.25. The van der Waals surface area contributed by atoms with Crippen LogP contribution in [0, 0.1) is 17.8 Å². The number of hydrogen-bond acceptors (Lipinski definition) is 3. The third kappa shape index (κ3) is 5.22. The van der Waals surface area contributed by atoms with Gasteiger partial charge in [0.05, 0.1) is 0 Å². The van der Waals surface area contributed by atoms with E-state index in [-0.39, 0.29) is 0 Å². The average Bonchev–Trinajstić information content (AvgIpc) is 2.37. The van der Waals surface area contributed by atoms with Crippen LogP contribution in [0.2, 0.25) is 0 Å². The minimum Gasteiger partial charge on any atom is -0.311 e. The van der Waals surface area contributed by atoms with Crippen molar-refractivity contribution in [3.8, 4) is 0 Å². The van der Waals surface area contributed by atoms with Crippen LogP contribution in [0.15, 0.2) is 0 Å². The predicted octanol–water partition coefficient (Wildman–Crippen LogP) is 2.67. The lowest BCUT2D eigenvalue weighted by atomic mass is 9.91. The second-order valence-electron chi connectivity index (χ2n) is 8.27. The Labute approximate surface area is 132 Å². The molecule has 0 aromatic rings. The average molecular weight is 296 g/mol. The monoisotopic (exact) mass is 295 g/mol. The van der Waals surface area contributed by atoms with Crippen molar-refractivity contribution in [1.29, 1.82) is 0 Å².